The number of nitrogens with one attached hydrogen (secondary N) is 1. The van der Waals surface area contributed by atoms with Gasteiger partial charge in [0, 0.05) is 38.8 Å². The van der Waals surface area contributed by atoms with Gasteiger partial charge in [0.1, 0.15) is 0 Å². The molecule has 1 heterocycles. The Labute approximate surface area is 127 Å². The smallest absolute Gasteiger partial charge is 0.161 e. The van der Waals surface area contributed by atoms with Crippen molar-refractivity contribution in [1.29, 1.82) is 0 Å². The molecule has 1 aromatic rings. The average Bonchev–Trinajstić information content (AvgIpc) is 2.53. The first kappa shape index (κ1) is 16.1. The Kier molecular flexibility index (Phi) is 5.85. The van der Waals surface area contributed by atoms with Gasteiger partial charge in [-0.25, -0.2) is 0 Å². The summed E-state index contributed by atoms with van der Waals surface area (Å²) in [7, 11) is 7.53. The molecule has 5 heteroatoms. The van der Waals surface area contributed by atoms with E-state index in [0.717, 1.165) is 44.2 Å². The summed E-state index contributed by atoms with van der Waals surface area (Å²) in [5.74, 6) is 1.56. The highest BCUT2D eigenvalue weighted by Crippen LogP contribution is 2.30. The zero-order chi connectivity index (χ0) is 15.2. The minimum atomic E-state index is 0.299. The molecular weight excluding hydrogens is 266 g/mol. The lowest BCUT2D eigenvalue weighted by Gasteiger charge is -2.34. The number of rotatable bonds is 6. The number of nitrogens with zero attached hydrogens (tertiary/aromatic N) is 2. The quantitative estimate of drug-likeness (QED) is 0.853. The van der Waals surface area contributed by atoms with Gasteiger partial charge in [-0.15, -0.1) is 0 Å². The summed E-state index contributed by atoms with van der Waals surface area (Å²) in [6.45, 7) is 5.55. The second kappa shape index (κ2) is 7.64. The molecule has 1 atom stereocenters. The highest BCUT2D eigenvalue weighted by atomic mass is 16.5. The van der Waals surface area contributed by atoms with Gasteiger partial charge in [-0.3, -0.25) is 4.90 Å². The second-order valence-corrected chi connectivity index (χ2v) is 5.56. The van der Waals surface area contributed by atoms with Crippen LogP contribution in [0.4, 0.5) is 0 Å². The Hall–Kier alpha value is -1.30. The van der Waals surface area contributed by atoms with Crippen molar-refractivity contribution in [3.63, 3.8) is 0 Å². The molecule has 1 aliphatic rings. The van der Waals surface area contributed by atoms with E-state index in [0.29, 0.717) is 6.04 Å². The normalized spacial score (nSPS) is 18.5. The van der Waals surface area contributed by atoms with Gasteiger partial charge in [0.25, 0.3) is 0 Å². The van der Waals surface area contributed by atoms with Crippen molar-refractivity contribution in [1.82, 2.24) is 15.1 Å². The summed E-state index contributed by atoms with van der Waals surface area (Å²) in [5, 5.41) is 3.41. The van der Waals surface area contributed by atoms with E-state index >= 15 is 0 Å². The average molecular weight is 293 g/mol. The lowest BCUT2D eigenvalue weighted by Crippen LogP contribution is -2.47. The van der Waals surface area contributed by atoms with Gasteiger partial charge in [0.05, 0.1) is 14.2 Å². The van der Waals surface area contributed by atoms with Gasteiger partial charge in [0.2, 0.25) is 0 Å². The standard InChI is InChI=1S/C16H27N3O2/c1-17-14(12-19-9-7-18(2)8-10-19)13-5-6-15(20-3)16(11-13)21-4/h5-6,11,14,17H,7-10,12H2,1-4H3. The summed E-state index contributed by atoms with van der Waals surface area (Å²) in [5.41, 5.74) is 1.23. The van der Waals surface area contributed by atoms with E-state index in [4.69, 9.17) is 9.47 Å². The summed E-state index contributed by atoms with van der Waals surface area (Å²) in [6.07, 6.45) is 0. The van der Waals surface area contributed by atoms with Gasteiger partial charge in [0.15, 0.2) is 11.5 Å². The molecule has 0 amide bonds. The zero-order valence-electron chi connectivity index (χ0n) is 13.6. The zero-order valence-corrected chi connectivity index (χ0v) is 13.6. The highest BCUT2D eigenvalue weighted by Gasteiger charge is 2.19. The number of piperazine rings is 1. The predicted octanol–water partition coefficient (Wildman–Crippen LogP) is 1.21. The summed E-state index contributed by atoms with van der Waals surface area (Å²) < 4.78 is 10.7. The number of ether oxygens (including phenoxy) is 2. The van der Waals surface area contributed by atoms with Crippen LogP contribution in [0.1, 0.15) is 11.6 Å². The number of benzene rings is 1. The molecule has 0 saturated carbocycles. The van der Waals surface area contributed by atoms with E-state index in [1.807, 2.05) is 13.1 Å². The van der Waals surface area contributed by atoms with Crippen molar-refractivity contribution in [3.8, 4) is 11.5 Å². The highest BCUT2D eigenvalue weighted by molar-refractivity contribution is 5.43. The van der Waals surface area contributed by atoms with Crippen LogP contribution in [0.3, 0.4) is 0 Å². The molecule has 1 aliphatic heterocycles. The van der Waals surface area contributed by atoms with E-state index in [1.165, 1.54) is 5.56 Å². The van der Waals surface area contributed by atoms with E-state index in [9.17, 15) is 0 Å². The van der Waals surface area contributed by atoms with E-state index < -0.39 is 0 Å². The fourth-order valence-corrected chi connectivity index (χ4v) is 2.72. The maximum atomic E-state index is 5.40. The molecule has 0 bridgehead atoms. The predicted molar refractivity (Wildman–Crippen MR) is 85.3 cm³/mol. The molecule has 1 aromatic carbocycles. The van der Waals surface area contributed by atoms with Crippen molar-refractivity contribution in [2.24, 2.45) is 0 Å². The SMILES string of the molecule is CNC(CN1CCN(C)CC1)c1ccc(OC)c(OC)c1. The molecule has 1 unspecified atom stereocenters. The molecule has 0 aliphatic carbocycles. The maximum absolute atomic E-state index is 5.40. The van der Waals surface area contributed by atoms with Crippen LogP contribution in [0, 0.1) is 0 Å². The minimum Gasteiger partial charge on any atom is -0.493 e. The van der Waals surface area contributed by atoms with Crippen LogP contribution in [0.2, 0.25) is 0 Å². The first-order chi connectivity index (χ1) is 10.2. The molecule has 1 saturated heterocycles. The summed E-state index contributed by atoms with van der Waals surface area (Å²) in [6, 6.07) is 6.45. The molecule has 0 spiro atoms. The number of hydrogen-bond donors (Lipinski definition) is 1. The van der Waals surface area contributed by atoms with Crippen molar-refractivity contribution >= 4 is 0 Å². The molecular formula is C16H27N3O2. The van der Waals surface area contributed by atoms with E-state index in [2.05, 4.69) is 34.3 Å². The topological polar surface area (TPSA) is 37.0 Å². The van der Waals surface area contributed by atoms with Crippen LogP contribution < -0.4 is 14.8 Å². The lowest BCUT2D eigenvalue weighted by molar-refractivity contribution is 0.143. The summed E-state index contributed by atoms with van der Waals surface area (Å²) >= 11 is 0. The molecule has 5 nitrogen and oxygen atoms in total. The Morgan fingerprint density at radius 1 is 1.10 bits per heavy atom. The van der Waals surface area contributed by atoms with Gasteiger partial charge in [-0.1, -0.05) is 6.07 Å². The van der Waals surface area contributed by atoms with E-state index in [-0.39, 0.29) is 0 Å². The fraction of sp³-hybridized carbons (Fsp3) is 0.625. The third kappa shape index (κ3) is 4.09. The second-order valence-electron chi connectivity index (χ2n) is 5.56. The first-order valence-corrected chi connectivity index (χ1v) is 7.48. The molecule has 2 rings (SSSR count). The Bertz CT molecular complexity index is 445. The summed E-state index contributed by atoms with van der Waals surface area (Å²) in [4.78, 5) is 4.89. The molecule has 1 N–H and O–H groups in total. The van der Waals surface area contributed by atoms with Gasteiger partial charge in [-0.05, 0) is 31.8 Å². The van der Waals surface area contributed by atoms with Crippen LogP contribution in [-0.4, -0.2) is 70.8 Å². The largest absolute Gasteiger partial charge is 0.493 e. The van der Waals surface area contributed by atoms with Crippen LogP contribution in [0.15, 0.2) is 18.2 Å². The van der Waals surface area contributed by atoms with Gasteiger partial charge >= 0.3 is 0 Å². The third-order valence-corrected chi connectivity index (χ3v) is 4.20. The maximum Gasteiger partial charge on any atom is 0.161 e. The van der Waals surface area contributed by atoms with Crippen molar-refractivity contribution in [2.75, 3.05) is 61.0 Å². The monoisotopic (exact) mass is 293 g/mol. The van der Waals surface area contributed by atoms with Crippen molar-refractivity contribution < 1.29 is 9.47 Å². The van der Waals surface area contributed by atoms with Crippen molar-refractivity contribution in [2.45, 2.75) is 6.04 Å². The Balaban J connectivity index is 2.06. The van der Waals surface area contributed by atoms with Crippen LogP contribution in [-0.2, 0) is 0 Å². The lowest BCUT2D eigenvalue weighted by atomic mass is 10.1. The van der Waals surface area contributed by atoms with Crippen molar-refractivity contribution in [3.05, 3.63) is 23.8 Å². The molecule has 21 heavy (non-hydrogen) atoms. The minimum absolute atomic E-state index is 0.299. The molecule has 118 valence electrons. The molecule has 0 aromatic heterocycles. The first-order valence-electron chi connectivity index (χ1n) is 7.48. The molecule has 0 radical (unpaired) electrons. The fourth-order valence-electron chi connectivity index (χ4n) is 2.72. The van der Waals surface area contributed by atoms with Crippen LogP contribution >= 0.6 is 0 Å². The number of likely N-dealkylation sites (N-methyl/N-ethyl adjacent to an activating group) is 2. The Morgan fingerprint density at radius 2 is 1.76 bits per heavy atom. The number of methoxy groups -OCH3 is 2. The van der Waals surface area contributed by atoms with Crippen LogP contribution in [0.5, 0.6) is 11.5 Å². The van der Waals surface area contributed by atoms with Crippen LogP contribution in [0.25, 0.3) is 0 Å². The Morgan fingerprint density at radius 3 is 2.33 bits per heavy atom. The van der Waals surface area contributed by atoms with Gasteiger partial charge < -0.3 is 19.7 Å². The van der Waals surface area contributed by atoms with Gasteiger partial charge in [-0.2, -0.15) is 0 Å². The number of hydrogen-bond acceptors (Lipinski definition) is 5. The van der Waals surface area contributed by atoms with E-state index in [1.54, 1.807) is 14.2 Å². The third-order valence-electron chi connectivity index (χ3n) is 4.20. The molecule has 1 fully saturated rings.